The van der Waals surface area contributed by atoms with E-state index >= 15 is 0 Å². The molecule has 1 heterocycles. The van der Waals surface area contributed by atoms with E-state index in [0.29, 0.717) is 36.4 Å². The molecule has 28 heavy (non-hydrogen) atoms. The van der Waals surface area contributed by atoms with E-state index in [-0.39, 0.29) is 0 Å². The molecule has 2 N–H and O–H groups in total. The Labute approximate surface area is 170 Å². The summed E-state index contributed by atoms with van der Waals surface area (Å²) in [4.78, 5) is 6.79. The maximum Gasteiger partial charge on any atom is 0.243 e. The van der Waals surface area contributed by atoms with Crippen molar-refractivity contribution in [3.05, 3.63) is 29.8 Å². The van der Waals surface area contributed by atoms with Gasteiger partial charge in [0, 0.05) is 46.3 Å². The second-order valence-corrected chi connectivity index (χ2v) is 9.21. The van der Waals surface area contributed by atoms with Gasteiger partial charge in [0.05, 0.1) is 4.90 Å². The molecule has 1 fully saturated rings. The average molecular weight is 410 g/mol. The van der Waals surface area contributed by atoms with Crippen molar-refractivity contribution in [1.29, 1.82) is 0 Å². The number of likely N-dealkylation sites (N-methyl/N-ethyl adjacent to an activating group) is 1. The van der Waals surface area contributed by atoms with E-state index in [1.807, 2.05) is 19.2 Å². The summed E-state index contributed by atoms with van der Waals surface area (Å²) in [5, 5.41) is 6.60. The van der Waals surface area contributed by atoms with Gasteiger partial charge < -0.3 is 15.5 Å². The number of nitrogens with zero attached hydrogens (tertiary/aromatic N) is 3. The van der Waals surface area contributed by atoms with Crippen LogP contribution >= 0.6 is 0 Å². The summed E-state index contributed by atoms with van der Waals surface area (Å²) in [6.45, 7) is 8.20. The second kappa shape index (κ2) is 10.8. The van der Waals surface area contributed by atoms with Crippen LogP contribution in [-0.2, 0) is 16.6 Å². The summed E-state index contributed by atoms with van der Waals surface area (Å²) in [6, 6.07) is 7.22. The Morgan fingerprint density at radius 3 is 2.36 bits per heavy atom. The third-order valence-corrected chi connectivity index (χ3v) is 7.43. The Morgan fingerprint density at radius 1 is 1.11 bits per heavy atom. The van der Waals surface area contributed by atoms with Crippen LogP contribution in [0.25, 0.3) is 0 Å². The SMILES string of the molecule is CCC(CC)CNC(=NC)NCc1ccccc1S(=O)(=O)N1CCN(C)CC1. The van der Waals surface area contributed by atoms with Gasteiger partial charge in [0.1, 0.15) is 0 Å². The van der Waals surface area contributed by atoms with Gasteiger partial charge in [-0.15, -0.1) is 0 Å². The lowest BCUT2D eigenvalue weighted by atomic mass is 10.0. The monoisotopic (exact) mass is 409 g/mol. The fraction of sp³-hybridized carbons (Fsp3) is 0.650. The van der Waals surface area contributed by atoms with E-state index in [4.69, 9.17) is 0 Å². The van der Waals surface area contributed by atoms with E-state index in [9.17, 15) is 8.42 Å². The summed E-state index contributed by atoms with van der Waals surface area (Å²) >= 11 is 0. The summed E-state index contributed by atoms with van der Waals surface area (Å²) in [5.41, 5.74) is 0.756. The Hall–Kier alpha value is -1.64. The largest absolute Gasteiger partial charge is 0.356 e. The predicted molar refractivity (Wildman–Crippen MR) is 115 cm³/mol. The number of rotatable bonds is 8. The fourth-order valence-corrected chi connectivity index (χ4v) is 4.93. The third-order valence-electron chi connectivity index (χ3n) is 5.44. The van der Waals surface area contributed by atoms with Crippen LogP contribution in [0.4, 0.5) is 0 Å². The van der Waals surface area contributed by atoms with Crippen LogP contribution in [0.3, 0.4) is 0 Å². The zero-order chi connectivity index (χ0) is 20.6. The molecule has 0 aliphatic carbocycles. The molecule has 7 nitrogen and oxygen atoms in total. The standard InChI is InChI=1S/C20H35N5O2S/c1-5-17(6-2)15-22-20(21-3)23-16-18-9-7-8-10-19(18)28(26,27)25-13-11-24(4)12-14-25/h7-10,17H,5-6,11-16H2,1-4H3,(H2,21,22,23). The minimum Gasteiger partial charge on any atom is -0.356 e. The number of nitrogens with one attached hydrogen (secondary N) is 2. The first-order valence-corrected chi connectivity index (χ1v) is 11.6. The highest BCUT2D eigenvalue weighted by molar-refractivity contribution is 7.89. The molecule has 1 aromatic carbocycles. The predicted octanol–water partition coefficient (Wildman–Crippen LogP) is 1.72. The van der Waals surface area contributed by atoms with Crippen molar-refractivity contribution in [2.24, 2.45) is 10.9 Å². The molecule has 1 aliphatic rings. The van der Waals surface area contributed by atoms with E-state index < -0.39 is 10.0 Å². The van der Waals surface area contributed by atoms with E-state index in [0.717, 1.165) is 38.0 Å². The number of guanidine groups is 1. The van der Waals surface area contributed by atoms with E-state index in [2.05, 4.69) is 34.4 Å². The van der Waals surface area contributed by atoms with Gasteiger partial charge in [0.25, 0.3) is 0 Å². The Morgan fingerprint density at radius 2 is 1.75 bits per heavy atom. The maximum atomic E-state index is 13.2. The molecule has 1 saturated heterocycles. The van der Waals surface area contributed by atoms with Gasteiger partial charge in [-0.2, -0.15) is 4.31 Å². The van der Waals surface area contributed by atoms with Crippen molar-refractivity contribution in [3.63, 3.8) is 0 Å². The molecule has 1 aliphatic heterocycles. The van der Waals surface area contributed by atoms with Gasteiger partial charge in [-0.1, -0.05) is 44.9 Å². The Bertz CT molecular complexity index is 739. The summed E-state index contributed by atoms with van der Waals surface area (Å²) < 4.78 is 27.9. The number of aliphatic imine (C=N–C) groups is 1. The molecular weight excluding hydrogens is 374 g/mol. The van der Waals surface area contributed by atoms with Crippen molar-refractivity contribution >= 4 is 16.0 Å². The molecule has 0 aromatic heterocycles. The molecule has 0 atom stereocenters. The van der Waals surface area contributed by atoms with Gasteiger partial charge >= 0.3 is 0 Å². The molecule has 0 unspecified atom stereocenters. The van der Waals surface area contributed by atoms with Crippen LogP contribution in [0.5, 0.6) is 0 Å². The van der Waals surface area contributed by atoms with Crippen LogP contribution in [0.15, 0.2) is 34.2 Å². The molecule has 1 aromatic rings. The zero-order valence-electron chi connectivity index (χ0n) is 17.6. The Kier molecular flexibility index (Phi) is 8.72. The Balaban J connectivity index is 2.07. The summed E-state index contributed by atoms with van der Waals surface area (Å²) in [6.07, 6.45) is 2.24. The minimum atomic E-state index is -3.50. The number of hydrogen-bond donors (Lipinski definition) is 2. The van der Waals surface area contributed by atoms with Crippen molar-refractivity contribution in [2.45, 2.75) is 38.1 Å². The highest BCUT2D eigenvalue weighted by Gasteiger charge is 2.29. The van der Waals surface area contributed by atoms with Gasteiger partial charge in [-0.05, 0) is 24.6 Å². The van der Waals surface area contributed by atoms with Gasteiger partial charge in [0.15, 0.2) is 5.96 Å². The van der Waals surface area contributed by atoms with Crippen LogP contribution in [0, 0.1) is 5.92 Å². The normalized spacial score (nSPS) is 17.1. The molecule has 2 rings (SSSR count). The second-order valence-electron chi connectivity index (χ2n) is 7.30. The summed E-state index contributed by atoms with van der Waals surface area (Å²) in [7, 11) is 0.249. The minimum absolute atomic E-state index is 0.377. The number of hydrogen-bond acceptors (Lipinski definition) is 4. The van der Waals surface area contributed by atoms with Crippen molar-refractivity contribution in [2.75, 3.05) is 46.8 Å². The summed E-state index contributed by atoms with van der Waals surface area (Å²) in [5.74, 6) is 1.29. The smallest absolute Gasteiger partial charge is 0.243 e. The number of benzene rings is 1. The van der Waals surface area contributed by atoms with Crippen molar-refractivity contribution < 1.29 is 8.42 Å². The molecule has 158 valence electrons. The lowest BCUT2D eigenvalue weighted by molar-refractivity contribution is 0.222. The highest BCUT2D eigenvalue weighted by atomic mass is 32.2. The molecular formula is C20H35N5O2S. The van der Waals surface area contributed by atoms with Gasteiger partial charge in [0.2, 0.25) is 10.0 Å². The number of piperazine rings is 1. The zero-order valence-corrected chi connectivity index (χ0v) is 18.4. The molecule has 0 bridgehead atoms. The lowest BCUT2D eigenvalue weighted by Gasteiger charge is -2.32. The molecule has 0 saturated carbocycles. The number of sulfonamides is 1. The van der Waals surface area contributed by atoms with Gasteiger partial charge in [-0.3, -0.25) is 4.99 Å². The molecule has 0 amide bonds. The fourth-order valence-electron chi connectivity index (χ4n) is 3.29. The quantitative estimate of drug-likeness (QED) is 0.505. The molecule has 8 heteroatoms. The van der Waals surface area contributed by atoms with Crippen LogP contribution < -0.4 is 10.6 Å². The first-order chi connectivity index (χ1) is 13.4. The van der Waals surface area contributed by atoms with E-state index in [1.165, 1.54) is 0 Å². The molecule has 0 radical (unpaired) electrons. The van der Waals surface area contributed by atoms with Crippen molar-refractivity contribution in [3.8, 4) is 0 Å². The van der Waals surface area contributed by atoms with Gasteiger partial charge in [-0.25, -0.2) is 8.42 Å². The van der Waals surface area contributed by atoms with Crippen LogP contribution in [0.1, 0.15) is 32.3 Å². The highest BCUT2D eigenvalue weighted by Crippen LogP contribution is 2.21. The van der Waals surface area contributed by atoms with E-state index in [1.54, 1.807) is 23.5 Å². The topological polar surface area (TPSA) is 77.0 Å². The average Bonchev–Trinajstić information content (AvgIpc) is 2.71. The van der Waals surface area contributed by atoms with Crippen LogP contribution in [-0.4, -0.2) is 70.4 Å². The first kappa shape index (κ1) is 22.6. The van der Waals surface area contributed by atoms with Crippen molar-refractivity contribution in [1.82, 2.24) is 19.8 Å². The van der Waals surface area contributed by atoms with Crippen LogP contribution in [0.2, 0.25) is 0 Å². The molecule has 0 spiro atoms. The maximum absolute atomic E-state index is 13.2. The first-order valence-electron chi connectivity index (χ1n) is 10.1. The third kappa shape index (κ3) is 5.93. The lowest BCUT2D eigenvalue weighted by Crippen LogP contribution is -2.47.